The molecule has 0 amide bonds. The number of fused-ring (bicyclic) bond motifs is 5. The zero-order valence-corrected chi connectivity index (χ0v) is 15.8. The highest BCUT2D eigenvalue weighted by Crippen LogP contribution is 2.67. The van der Waals surface area contributed by atoms with Gasteiger partial charge in [0.05, 0.1) is 6.10 Å². The number of carbonyl (C=O) groups is 1. The molecule has 4 rings (SSSR count). The summed E-state index contributed by atoms with van der Waals surface area (Å²) in [7, 11) is 0. The van der Waals surface area contributed by atoms with Gasteiger partial charge in [0.1, 0.15) is 4.98 Å². The number of aliphatic hydroxyl groups is 1. The lowest BCUT2D eigenvalue weighted by Gasteiger charge is -2.60. The van der Waals surface area contributed by atoms with Gasteiger partial charge in [0.2, 0.25) is 11.2 Å². The van der Waals surface area contributed by atoms with Crippen LogP contribution in [0.3, 0.4) is 0 Å². The quantitative estimate of drug-likeness (QED) is 0.753. The molecule has 25 heavy (non-hydrogen) atoms. The molecule has 4 aliphatic rings. The lowest BCUT2D eigenvalue weighted by molar-refractivity contribution is -0.138. The summed E-state index contributed by atoms with van der Waals surface area (Å²) in [5.41, 5.74) is 0.506. The van der Waals surface area contributed by atoms with Gasteiger partial charge in [-0.1, -0.05) is 13.8 Å². The number of Topliss-reactive ketones (excluding diaryl/α,β-unsaturated/α-hetero) is 1. The molecule has 0 unspecified atom stereocenters. The Bertz CT molecular complexity index is 599. The molecule has 0 spiro atoms. The number of hydrogen-bond acceptors (Lipinski definition) is 3. The molecule has 0 aromatic carbocycles. The van der Waals surface area contributed by atoms with Crippen LogP contribution in [-0.2, 0) is 4.79 Å². The molecule has 0 aliphatic heterocycles. The fourth-order valence-electron chi connectivity index (χ4n) is 7.94. The fourth-order valence-corrected chi connectivity index (χ4v) is 7.94. The summed E-state index contributed by atoms with van der Waals surface area (Å²) in [4.78, 5) is 15.6. The minimum atomic E-state index is -0.0841. The molecule has 0 radical (unpaired) electrons. The van der Waals surface area contributed by atoms with Gasteiger partial charge in [-0.25, -0.2) is 0 Å². The summed E-state index contributed by atoms with van der Waals surface area (Å²) in [5.74, 6) is 3.10. The van der Waals surface area contributed by atoms with Crippen molar-refractivity contribution in [3.05, 3.63) is 4.98 Å². The normalized spacial score (nSPS) is 51.8. The summed E-state index contributed by atoms with van der Waals surface area (Å²) in [6.07, 6.45) is 10.1. The molecular weight excluding hydrogens is 312 g/mol. The molecule has 4 aliphatic carbocycles. The van der Waals surface area contributed by atoms with Crippen LogP contribution in [0.15, 0.2) is 0 Å². The first-order valence-electron chi connectivity index (χ1n) is 10.4. The largest absolute Gasteiger partial charge is 0.393 e. The third-order valence-corrected chi connectivity index (χ3v) is 9.25. The number of rotatable bonds is 2. The van der Waals surface area contributed by atoms with E-state index >= 15 is 0 Å². The second-order valence-corrected chi connectivity index (χ2v) is 10.0. The average molecular weight is 346 g/mol. The Labute approximate surface area is 151 Å². The van der Waals surface area contributed by atoms with Crippen molar-refractivity contribution in [3.8, 4) is 0 Å². The third-order valence-electron chi connectivity index (χ3n) is 9.25. The first kappa shape index (κ1) is 17.5. The van der Waals surface area contributed by atoms with Crippen molar-refractivity contribution in [3.63, 3.8) is 0 Å². The molecule has 4 saturated carbocycles. The second kappa shape index (κ2) is 6.05. The van der Waals surface area contributed by atoms with Crippen LogP contribution in [0, 0.1) is 45.8 Å². The lowest BCUT2D eigenvalue weighted by Crippen LogP contribution is -2.54. The van der Waals surface area contributed by atoms with E-state index in [-0.39, 0.29) is 29.8 Å². The van der Waals surface area contributed by atoms with E-state index in [2.05, 4.69) is 18.8 Å². The topological polar surface area (TPSA) is 65.4 Å². The number of carbonyl (C=O) groups excluding carboxylic acids is 1. The highest BCUT2D eigenvalue weighted by molar-refractivity contribution is 5.85. The third kappa shape index (κ3) is 2.49. The van der Waals surface area contributed by atoms with Crippen molar-refractivity contribution in [2.24, 2.45) is 40.4 Å². The molecule has 4 fully saturated rings. The molecule has 0 aromatic heterocycles. The number of hydrogen-bond donors (Lipinski definition) is 1. The van der Waals surface area contributed by atoms with Crippen molar-refractivity contribution in [1.29, 1.82) is 5.39 Å². The van der Waals surface area contributed by atoms with Crippen LogP contribution in [0.25, 0.3) is 4.98 Å². The Morgan fingerprint density at radius 1 is 1.04 bits per heavy atom. The van der Waals surface area contributed by atoms with Gasteiger partial charge in [0, 0.05) is 5.92 Å². The molecule has 0 saturated heterocycles. The SMILES string of the molecule is C[C@]12CC[C@H](O)C[C@@H]1CC[C@@H]1[C@@H]2CC[C@]2(C)[C@@H](C(=O)C[N+]#N)CC[C@@H]12. The summed E-state index contributed by atoms with van der Waals surface area (Å²) < 4.78 is 0. The smallest absolute Gasteiger partial charge is 0.362 e. The number of aliphatic hydroxyl groups excluding tert-OH is 1. The highest BCUT2D eigenvalue weighted by atomic mass is 16.3. The van der Waals surface area contributed by atoms with Crippen LogP contribution < -0.4 is 0 Å². The zero-order valence-electron chi connectivity index (χ0n) is 15.8. The van der Waals surface area contributed by atoms with Crippen LogP contribution in [0.2, 0.25) is 0 Å². The Morgan fingerprint density at radius 2 is 1.76 bits per heavy atom. The van der Waals surface area contributed by atoms with Crippen molar-refractivity contribution in [1.82, 2.24) is 0 Å². The van der Waals surface area contributed by atoms with E-state index in [1.54, 1.807) is 0 Å². The molecule has 0 bridgehead atoms. The Kier molecular flexibility index (Phi) is 4.22. The molecule has 0 aromatic rings. The summed E-state index contributed by atoms with van der Waals surface area (Å²) in [5, 5.41) is 19.0. The van der Waals surface area contributed by atoms with Crippen LogP contribution in [0.1, 0.15) is 71.6 Å². The first-order valence-corrected chi connectivity index (χ1v) is 10.4. The monoisotopic (exact) mass is 345 g/mol. The van der Waals surface area contributed by atoms with E-state index in [4.69, 9.17) is 5.39 Å². The van der Waals surface area contributed by atoms with E-state index < -0.39 is 0 Å². The van der Waals surface area contributed by atoms with Gasteiger partial charge in [-0.05, 0) is 92.3 Å². The highest BCUT2D eigenvalue weighted by Gasteiger charge is 2.61. The molecule has 138 valence electrons. The Hall–Kier alpha value is -0.950. The maximum Gasteiger partial charge on any atom is 0.362 e. The van der Waals surface area contributed by atoms with E-state index in [1.165, 1.54) is 32.1 Å². The second-order valence-electron chi connectivity index (χ2n) is 10.0. The number of ketones is 1. The van der Waals surface area contributed by atoms with Gasteiger partial charge < -0.3 is 5.11 Å². The maximum absolute atomic E-state index is 12.5. The van der Waals surface area contributed by atoms with Gasteiger partial charge in [-0.15, -0.1) is 0 Å². The summed E-state index contributed by atoms with van der Waals surface area (Å²) in [6, 6.07) is 0. The summed E-state index contributed by atoms with van der Waals surface area (Å²) in [6.45, 7) is 4.82. The van der Waals surface area contributed by atoms with Crippen LogP contribution in [0.4, 0.5) is 0 Å². The molecule has 4 nitrogen and oxygen atoms in total. The molecule has 1 N–H and O–H groups in total. The van der Waals surface area contributed by atoms with Gasteiger partial charge >= 0.3 is 6.54 Å². The van der Waals surface area contributed by atoms with Crippen LogP contribution in [-0.4, -0.2) is 23.5 Å². The van der Waals surface area contributed by atoms with Gasteiger partial charge in [-0.2, -0.15) is 0 Å². The predicted molar refractivity (Wildman–Crippen MR) is 96.2 cm³/mol. The summed E-state index contributed by atoms with van der Waals surface area (Å²) >= 11 is 0. The minimum Gasteiger partial charge on any atom is -0.393 e. The van der Waals surface area contributed by atoms with Crippen molar-refractivity contribution in [2.45, 2.75) is 77.7 Å². The van der Waals surface area contributed by atoms with E-state index in [0.29, 0.717) is 17.3 Å². The fraction of sp³-hybridized carbons (Fsp3) is 0.952. The van der Waals surface area contributed by atoms with Gasteiger partial charge in [0.15, 0.2) is 0 Å². The van der Waals surface area contributed by atoms with Crippen LogP contribution >= 0.6 is 0 Å². The number of nitrogens with zero attached hydrogens (tertiary/aromatic N) is 2. The van der Waals surface area contributed by atoms with Crippen molar-refractivity contribution >= 4 is 5.78 Å². The minimum absolute atomic E-state index is 0.0290. The van der Waals surface area contributed by atoms with E-state index in [1.807, 2.05) is 0 Å². The van der Waals surface area contributed by atoms with Gasteiger partial charge in [0.25, 0.3) is 0 Å². The van der Waals surface area contributed by atoms with Crippen molar-refractivity contribution in [2.75, 3.05) is 6.54 Å². The first-order chi connectivity index (χ1) is 11.9. The van der Waals surface area contributed by atoms with E-state index in [9.17, 15) is 9.90 Å². The van der Waals surface area contributed by atoms with E-state index in [0.717, 1.165) is 37.5 Å². The number of diazo groups is 1. The Balaban J connectivity index is 1.58. The molecule has 4 heteroatoms. The van der Waals surface area contributed by atoms with Crippen LogP contribution in [0.5, 0.6) is 0 Å². The Morgan fingerprint density at radius 3 is 2.52 bits per heavy atom. The standard InChI is InChI=1S/C21H33N2O2/c1-20-9-7-14(24)11-13(20)3-4-15-16-5-6-18(19(25)12-23-22)21(16,2)10-8-17(15)20/h13-18,24H,3-12H2,1-2H3/q+1/t13-,14-,15-,16-,17-,18+,20-,21-/m0/s1. The van der Waals surface area contributed by atoms with Gasteiger partial charge in [-0.3, -0.25) is 4.79 Å². The predicted octanol–water partition coefficient (Wildman–Crippen LogP) is 4.43. The average Bonchev–Trinajstić information content (AvgIpc) is 2.93. The lowest BCUT2D eigenvalue weighted by atomic mass is 9.44. The molecule has 0 heterocycles. The zero-order chi connectivity index (χ0) is 17.8. The van der Waals surface area contributed by atoms with Crippen molar-refractivity contribution < 1.29 is 9.90 Å². The molecular formula is C21H33N2O2+. The molecule has 8 atom stereocenters. The maximum atomic E-state index is 12.5.